The largest absolute Gasteiger partial charge is 0.467 e. The SMILES string of the molecule is CCCC(C)(N)C(=O)NC(CC(C)C)C(=O)OC. The van der Waals surface area contributed by atoms with Crippen molar-refractivity contribution in [3.05, 3.63) is 0 Å². The number of rotatable bonds is 7. The fourth-order valence-electron chi connectivity index (χ4n) is 1.78. The number of esters is 1. The highest BCUT2D eigenvalue weighted by Gasteiger charge is 2.31. The van der Waals surface area contributed by atoms with Crippen LogP contribution in [0.5, 0.6) is 0 Å². The average Bonchev–Trinajstić information content (AvgIpc) is 2.26. The van der Waals surface area contributed by atoms with Crippen LogP contribution in [-0.4, -0.2) is 30.6 Å². The van der Waals surface area contributed by atoms with E-state index < -0.39 is 17.6 Å². The third kappa shape index (κ3) is 5.49. The van der Waals surface area contributed by atoms with E-state index in [0.717, 1.165) is 6.42 Å². The average molecular weight is 258 g/mol. The zero-order valence-corrected chi connectivity index (χ0v) is 12.1. The molecule has 0 rings (SSSR count). The number of amides is 1. The number of hydrogen-bond acceptors (Lipinski definition) is 4. The van der Waals surface area contributed by atoms with Crippen molar-refractivity contribution in [2.45, 2.75) is 58.5 Å². The number of hydrogen-bond donors (Lipinski definition) is 2. The molecule has 2 atom stereocenters. The van der Waals surface area contributed by atoms with E-state index in [9.17, 15) is 9.59 Å². The predicted molar refractivity (Wildman–Crippen MR) is 70.9 cm³/mol. The van der Waals surface area contributed by atoms with Crippen LogP contribution >= 0.6 is 0 Å². The molecule has 0 aromatic rings. The van der Waals surface area contributed by atoms with Gasteiger partial charge in [0.25, 0.3) is 0 Å². The smallest absolute Gasteiger partial charge is 0.328 e. The summed E-state index contributed by atoms with van der Waals surface area (Å²) < 4.78 is 4.69. The van der Waals surface area contributed by atoms with Gasteiger partial charge in [0, 0.05) is 0 Å². The van der Waals surface area contributed by atoms with Gasteiger partial charge in [0.1, 0.15) is 6.04 Å². The van der Waals surface area contributed by atoms with Gasteiger partial charge in [0.05, 0.1) is 12.6 Å². The second-order valence-corrected chi connectivity index (χ2v) is 5.35. The third-order valence-corrected chi connectivity index (χ3v) is 2.79. The molecule has 5 heteroatoms. The van der Waals surface area contributed by atoms with E-state index in [1.54, 1.807) is 6.92 Å². The number of carbonyl (C=O) groups is 2. The highest BCUT2D eigenvalue weighted by Crippen LogP contribution is 2.11. The minimum atomic E-state index is -0.946. The summed E-state index contributed by atoms with van der Waals surface area (Å²) in [6, 6.07) is -0.623. The van der Waals surface area contributed by atoms with E-state index >= 15 is 0 Å². The highest BCUT2D eigenvalue weighted by atomic mass is 16.5. The van der Waals surface area contributed by atoms with Gasteiger partial charge in [-0.3, -0.25) is 4.79 Å². The van der Waals surface area contributed by atoms with Crippen molar-refractivity contribution in [3.8, 4) is 0 Å². The molecule has 18 heavy (non-hydrogen) atoms. The van der Waals surface area contributed by atoms with Crippen LogP contribution in [0.1, 0.15) is 47.0 Å². The Morgan fingerprint density at radius 3 is 2.33 bits per heavy atom. The molecular weight excluding hydrogens is 232 g/mol. The van der Waals surface area contributed by atoms with Gasteiger partial charge in [-0.25, -0.2) is 4.79 Å². The maximum absolute atomic E-state index is 12.0. The molecule has 0 saturated heterocycles. The molecule has 0 fully saturated rings. The van der Waals surface area contributed by atoms with E-state index in [2.05, 4.69) is 5.32 Å². The van der Waals surface area contributed by atoms with Crippen LogP contribution in [0.15, 0.2) is 0 Å². The first-order chi connectivity index (χ1) is 8.24. The lowest BCUT2D eigenvalue weighted by Crippen LogP contribution is -2.56. The van der Waals surface area contributed by atoms with E-state index in [0.29, 0.717) is 12.8 Å². The number of nitrogens with two attached hydrogens (primary N) is 1. The van der Waals surface area contributed by atoms with Crippen LogP contribution in [0, 0.1) is 5.92 Å². The van der Waals surface area contributed by atoms with Gasteiger partial charge in [-0.2, -0.15) is 0 Å². The quantitative estimate of drug-likeness (QED) is 0.672. The first kappa shape index (κ1) is 16.9. The monoisotopic (exact) mass is 258 g/mol. The summed E-state index contributed by atoms with van der Waals surface area (Å²) in [6.45, 7) is 7.60. The number of nitrogens with one attached hydrogen (secondary N) is 1. The molecular formula is C13H26N2O3. The van der Waals surface area contributed by atoms with E-state index in [-0.39, 0.29) is 11.8 Å². The zero-order valence-electron chi connectivity index (χ0n) is 12.1. The molecule has 0 aromatic heterocycles. The van der Waals surface area contributed by atoms with Gasteiger partial charge < -0.3 is 15.8 Å². The Bertz CT molecular complexity index is 288. The minimum Gasteiger partial charge on any atom is -0.467 e. The van der Waals surface area contributed by atoms with E-state index in [4.69, 9.17) is 10.5 Å². The van der Waals surface area contributed by atoms with Crippen LogP contribution < -0.4 is 11.1 Å². The second-order valence-electron chi connectivity index (χ2n) is 5.35. The molecule has 0 bridgehead atoms. The molecule has 0 aromatic carbocycles. The number of methoxy groups -OCH3 is 1. The molecule has 0 saturated carbocycles. The summed E-state index contributed by atoms with van der Waals surface area (Å²) in [4.78, 5) is 23.6. The molecule has 106 valence electrons. The molecule has 1 amide bonds. The molecule has 0 heterocycles. The first-order valence-electron chi connectivity index (χ1n) is 6.42. The summed E-state index contributed by atoms with van der Waals surface area (Å²) in [7, 11) is 1.31. The van der Waals surface area contributed by atoms with Gasteiger partial charge in [0.15, 0.2) is 0 Å². The summed E-state index contributed by atoms with van der Waals surface area (Å²) in [5.74, 6) is -0.450. The Labute approximate surface area is 109 Å². The van der Waals surface area contributed by atoms with Crippen LogP contribution in [-0.2, 0) is 14.3 Å². The van der Waals surface area contributed by atoms with Crippen molar-refractivity contribution < 1.29 is 14.3 Å². The summed E-state index contributed by atoms with van der Waals surface area (Å²) >= 11 is 0. The summed E-state index contributed by atoms with van der Waals surface area (Å²) in [6.07, 6.45) is 1.93. The Kier molecular flexibility index (Phi) is 6.91. The van der Waals surface area contributed by atoms with Gasteiger partial charge in [0.2, 0.25) is 5.91 Å². The second kappa shape index (κ2) is 7.36. The molecule has 0 aliphatic carbocycles. The van der Waals surface area contributed by atoms with Crippen LogP contribution in [0.4, 0.5) is 0 Å². The van der Waals surface area contributed by atoms with Crippen molar-refractivity contribution in [2.24, 2.45) is 11.7 Å². The standard InChI is InChI=1S/C13H26N2O3/c1-6-7-13(4,14)12(17)15-10(8-9(2)3)11(16)18-5/h9-10H,6-8,14H2,1-5H3,(H,15,17). The van der Waals surface area contributed by atoms with Crippen molar-refractivity contribution >= 4 is 11.9 Å². The fourth-order valence-corrected chi connectivity index (χ4v) is 1.78. The minimum absolute atomic E-state index is 0.282. The summed E-state index contributed by atoms with van der Waals surface area (Å²) in [5.41, 5.74) is 4.98. The molecule has 0 aliphatic rings. The van der Waals surface area contributed by atoms with Crippen molar-refractivity contribution in [1.82, 2.24) is 5.32 Å². The normalized spacial score (nSPS) is 15.9. The van der Waals surface area contributed by atoms with Gasteiger partial charge in [-0.05, 0) is 25.7 Å². The third-order valence-electron chi connectivity index (χ3n) is 2.79. The maximum atomic E-state index is 12.0. The lowest BCUT2D eigenvalue weighted by Gasteiger charge is -2.26. The number of carbonyl (C=O) groups excluding carboxylic acids is 2. The highest BCUT2D eigenvalue weighted by molar-refractivity contribution is 5.90. The molecule has 0 aliphatic heterocycles. The topological polar surface area (TPSA) is 81.4 Å². The molecule has 0 radical (unpaired) electrons. The van der Waals surface area contributed by atoms with Crippen molar-refractivity contribution in [3.63, 3.8) is 0 Å². The maximum Gasteiger partial charge on any atom is 0.328 e. The predicted octanol–water partition coefficient (Wildman–Crippen LogP) is 1.21. The Balaban J connectivity index is 4.67. The lowest BCUT2D eigenvalue weighted by atomic mass is 9.95. The van der Waals surface area contributed by atoms with E-state index in [1.165, 1.54) is 7.11 Å². The van der Waals surface area contributed by atoms with Crippen LogP contribution in [0.25, 0.3) is 0 Å². The Hall–Kier alpha value is -1.10. The van der Waals surface area contributed by atoms with Gasteiger partial charge in [-0.15, -0.1) is 0 Å². The molecule has 3 N–H and O–H groups in total. The van der Waals surface area contributed by atoms with Crippen LogP contribution in [0.2, 0.25) is 0 Å². The van der Waals surface area contributed by atoms with Crippen molar-refractivity contribution in [1.29, 1.82) is 0 Å². The molecule has 0 spiro atoms. The number of ether oxygens (including phenoxy) is 1. The summed E-state index contributed by atoms with van der Waals surface area (Å²) in [5, 5.41) is 2.69. The lowest BCUT2D eigenvalue weighted by molar-refractivity contribution is -0.146. The van der Waals surface area contributed by atoms with Gasteiger partial charge >= 0.3 is 5.97 Å². The molecule has 5 nitrogen and oxygen atoms in total. The Morgan fingerprint density at radius 2 is 1.94 bits per heavy atom. The van der Waals surface area contributed by atoms with E-state index in [1.807, 2.05) is 20.8 Å². The Morgan fingerprint density at radius 1 is 1.39 bits per heavy atom. The molecule has 2 unspecified atom stereocenters. The first-order valence-corrected chi connectivity index (χ1v) is 6.42. The zero-order chi connectivity index (χ0) is 14.3. The van der Waals surface area contributed by atoms with Crippen LogP contribution in [0.3, 0.4) is 0 Å². The van der Waals surface area contributed by atoms with Crippen molar-refractivity contribution in [2.75, 3.05) is 7.11 Å². The van der Waals surface area contributed by atoms with Gasteiger partial charge in [-0.1, -0.05) is 27.2 Å². The fraction of sp³-hybridized carbons (Fsp3) is 0.846.